The Balaban J connectivity index is 1.39. The third kappa shape index (κ3) is 4.44. The Morgan fingerprint density at radius 3 is 2.74 bits per heavy atom. The lowest BCUT2D eigenvalue weighted by Crippen LogP contribution is -2.26. The molecule has 3 aromatic rings. The molecule has 31 heavy (non-hydrogen) atoms. The maximum atomic E-state index is 12.6. The van der Waals surface area contributed by atoms with Gasteiger partial charge in [0.05, 0.1) is 31.2 Å². The van der Waals surface area contributed by atoms with Crippen LogP contribution in [0.3, 0.4) is 0 Å². The lowest BCUT2D eigenvalue weighted by molar-refractivity contribution is -0.128. The SMILES string of the molecule is CN(Cc1ccc(C(=O)O)o1)C(=O)c1ccc(-n2cc(CN3CCCC3=O)nn2)cn1. The smallest absolute Gasteiger partial charge is 0.371 e. The first kappa shape index (κ1) is 20.3. The van der Waals surface area contributed by atoms with Crippen molar-refractivity contribution in [3.05, 3.63) is 59.6 Å². The van der Waals surface area contributed by atoms with E-state index in [2.05, 4.69) is 15.3 Å². The minimum Gasteiger partial charge on any atom is -0.475 e. The van der Waals surface area contributed by atoms with Gasteiger partial charge in [0.2, 0.25) is 11.7 Å². The zero-order valence-electron chi connectivity index (χ0n) is 16.8. The summed E-state index contributed by atoms with van der Waals surface area (Å²) in [6, 6.07) is 6.13. The van der Waals surface area contributed by atoms with E-state index in [1.807, 2.05) is 0 Å². The van der Waals surface area contributed by atoms with Crippen molar-refractivity contribution in [2.24, 2.45) is 0 Å². The van der Waals surface area contributed by atoms with E-state index in [0.717, 1.165) is 13.0 Å². The topological polar surface area (TPSA) is 135 Å². The number of carboxylic acid groups (broad SMARTS) is 1. The van der Waals surface area contributed by atoms with Gasteiger partial charge in [-0.25, -0.2) is 14.5 Å². The molecule has 0 unspecified atom stereocenters. The van der Waals surface area contributed by atoms with Crippen molar-refractivity contribution in [3.8, 4) is 5.69 Å². The summed E-state index contributed by atoms with van der Waals surface area (Å²) in [5, 5.41) is 17.1. The van der Waals surface area contributed by atoms with Crippen molar-refractivity contribution in [2.45, 2.75) is 25.9 Å². The zero-order chi connectivity index (χ0) is 22.0. The average molecular weight is 424 g/mol. The van der Waals surface area contributed by atoms with Crippen LogP contribution in [0.25, 0.3) is 5.69 Å². The highest BCUT2D eigenvalue weighted by molar-refractivity contribution is 5.92. The highest BCUT2D eigenvalue weighted by Crippen LogP contribution is 2.15. The second kappa shape index (κ2) is 8.38. The fourth-order valence-electron chi connectivity index (χ4n) is 3.29. The Morgan fingerprint density at radius 2 is 2.10 bits per heavy atom. The Hall–Kier alpha value is -4.02. The second-order valence-electron chi connectivity index (χ2n) is 7.21. The van der Waals surface area contributed by atoms with Crippen LogP contribution in [-0.2, 0) is 17.9 Å². The molecule has 4 heterocycles. The van der Waals surface area contributed by atoms with Gasteiger partial charge in [0.15, 0.2) is 0 Å². The van der Waals surface area contributed by atoms with Gasteiger partial charge in [-0.15, -0.1) is 5.10 Å². The van der Waals surface area contributed by atoms with Gasteiger partial charge >= 0.3 is 5.97 Å². The van der Waals surface area contributed by atoms with E-state index in [0.29, 0.717) is 30.1 Å². The summed E-state index contributed by atoms with van der Waals surface area (Å²) in [5.74, 6) is -1.21. The number of carbonyl (C=O) groups is 3. The molecule has 160 valence electrons. The third-order valence-corrected chi connectivity index (χ3v) is 4.91. The summed E-state index contributed by atoms with van der Waals surface area (Å²) in [5.41, 5.74) is 1.52. The predicted octanol–water partition coefficient (Wildman–Crippen LogP) is 1.35. The molecule has 0 saturated carbocycles. The first-order valence-electron chi connectivity index (χ1n) is 9.63. The molecule has 11 nitrogen and oxygen atoms in total. The summed E-state index contributed by atoms with van der Waals surface area (Å²) < 4.78 is 6.72. The van der Waals surface area contributed by atoms with Crippen molar-refractivity contribution in [1.29, 1.82) is 0 Å². The first-order valence-corrected chi connectivity index (χ1v) is 9.63. The van der Waals surface area contributed by atoms with E-state index < -0.39 is 5.97 Å². The van der Waals surface area contributed by atoms with Crippen molar-refractivity contribution < 1.29 is 23.9 Å². The van der Waals surface area contributed by atoms with Crippen LogP contribution in [0.1, 0.15) is 45.3 Å². The number of carbonyl (C=O) groups excluding carboxylic acids is 2. The Bertz CT molecular complexity index is 1120. The van der Waals surface area contributed by atoms with Crippen molar-refractivity contribution in [2.75, 3.05) is 13.6 Å². The van der Waals surface area contributed by atoms with Crippen LogP contribution in [0.5, 0.6) is 0 Å². The molecule has 4 rings (SSSR count). The normalized spacial score (nSPS) is 13.6. The maximum Gasteiger partial charge on any atom is 0.371 e. The molecule has 1 aliphatic rings. The number of likely N-dealkylation sites (tertiary alicyclic amines) is 1. The monoisotopic (exact) mass is 424 g/mol. The summed E-state index contributed by atoms with van der Waals surface area (Å²) >= 11 is 0. The molecule has 2 amide bonds. The van der Waals surface area contributed by atoms with Crippen LogP contribution >= 0.6 is 0 Å². The minimum absolute atomic E-state index is 0.108. The molecule has 11 heteroatoms. The summed E-state index contributed by atoms with van der Waals surface area (Å²) in [6.07, 6.45) is 4.67. The van der Waals surface area contributed by atoms with E-state index in [-0.39, 0.29) is 29.8 Å². The van der Waals surface area contributed by atoms with Crippen LogP contribution < -0.4 is 0 Å². The summed E-state index contributed by atoms with van der Waals surface area (Å²) in [6.45, 7) is 1.26. The minimum atomic E-state index is -1.17. The lowest BCUT2D eigenvalue weighted by atomic mass is 10.3. The number of aromatic carboxylic acids is 1. The Kier molecular flexibility index (Phi) is 5.48. The van der Waals surface area contributed by atoms with E-state index in [1.165, 1.54) is 27.9 Å². The Labute approximate surface area is 176 Å². The van der Waals surface area contributed by atoms with Gasteiger partial charge in [-0.3, -0.25) is 9.59 Å². The van der Waals surface area contributed by atoms with Crippen molar-refractivity contribution in [3.63, 3.8) is 0 Å². The van der Waals surface area contributed by atoms with E-state index in [1.54, 1.807) is 30.3 Å². The molecule has 0 atom stereocenters. The summed E-state index contributed by atoms with van der Waals surface area (Å²) in [7, 11) is 1.57. The fraction of sp³-hybridized carbons (Fsp3) is 0.300. The van der Waals surface area contributed by atoms with Gasteiger partial charge in [0.1, 0.15) is 17.1 Å². The van der Waals surface area contributed by atoms with Crippen LogP contribution in [-0.4, -0.2) is 66.3 Å². The highest BCUT2D eigenvalue weighted by atomic mass is 16.4. The Morgan fingerprint density at radius 1 is 1.26 bits per heavy atom. The van der Waals surface area contributed by atoms with E-state index in [4.69, 9.17) is 9.52 Å². The number of nitrogens with zero attached hydrogens (tertiary/aromatic N) is 6. The molecule has 0 radical (unpaired) electrons. The molecule has 0 spiro atoms. The van der Waals surface area contributed by atoms with Gasteiger partial charge in [0.25, 0.3) is 5.91 Å². The third-order valence-electron chi connectivity index (χ3n) is 4.91. The number of amides is 2. The van der Waals surface area contributed by atoms with Crippen LogP contribution in [0.15, 0.2) is 41.1 Å². The van der Waals surface area contributed by atoms with Crippen LogP contribution in [0.2, 0.25) is 0 Å². The van der Waals surface area contributed by atoms with Crippen LogP contribution in [0, 0.1) is 0 Å². The second-order valence-corrected chi connectivity index (χ2v) is 7.21. The van der Waals surface area contributed by atoms with Gasteiger partial charge < -0.3 is 19.3 Å². The molecular formula is C20H20N6O5. The number of hydrogen-bond donors (Lipinski definition) is 1. The van der Waals surface area contributed by atoms with Gasteiger partial charge in [-0.2, -0.15) is 0 Å². The van der Waals surface area contributed by atoms with Crippen LogP contribution in [0.4, 0.5) is 0 Å². The number of rotatable bonds is 7. The molecule has 1 N–H and O–H groups in total. The van der Waals surface area contributed by atoms with Gasteiger partial charge in [-0.05, 0) is 30.7 Å². The predicted molar refractivity (Wildman–Crippen MR) is 105 cm³/mol. The molecule has 0 aromatic carbocycles. The first-order chi connectivity index (χ1) is 14.9. The maximum absolute atomic E-state index is 12.6. The molecule has 3 aromatic heterocycles. The quantitative estimate of drug-likeness (QED) is 0.600. The molecule has 1 aliphatic heterocycles. The zero-order valence-corrected chi connectivity index (χ0v) is 16.8. The number of aromatic nitrogens is 4. The van der Waals surface area contributed by atoms with E-state index >= 15 is 0 Å². The number of carboxylic acids is 1. The molecule has 0 bridgehead atoms. The fourth-order valence-corrected chi connectivity index (χ4v) is 3.29. The molecule has 1 saturated heterocycles. The largest absolute Gasteiger partial charge is 0.475 e. The average Bonchev–Trinajstić information content (AvgIpc) is 3.50. The number of hydrogen-bond acceptors (Lipinski definition) is 7. The standard InChI is InChI=1S/C20H20N6O5/c1-24(12-15-5-7-17(31-15)20(29)30)19(28)16-6-4-14(9-21-16)26-11-13(22-23-26)10-25-8-2-3-18(25)27/h4-7,9,11H,2-3,8,10,12H2,1H3,(H,29,30). The number of furan rings is 1. The molecule has 1 fully saturated rings. The molecule has 0 aliphatic carbocycles. The highest BCUT2D eigenvalue weighted by Gasteiger charge is 2.21. The molecular weight excluding hydrogens is 404 g/mol. The van der Waals surface area contributed by atoms with Gasteiger partial charge in [0, 0.05) is 20.0 Å². The number of pyridine rings is 1. The van der Waals surface area contributed by atoms with Gasteiger partial charge in [-0.1, -0.05) is 5.21 Å². The van der Waals surface area contributed by atoms with Crippen molar-refractivity contribution >= 4 is 17.8 Å². The lowest BCUT2D eigenvalue weighted by Gasteiger charge is -2.15. The summed E-state index contributed by atoms with van der Waals surface area (Å²) in [4.78, 5) is 42.6. The van der Waals surface area contributed by atoms with E-state index in [9.17, 15) is 14.4 Å². The van der Waals surface area contributed by atoms with Crippen molar-refractivity contribution in [1.82, 2.24) is 29.8 Å².